The maximum atomic E-state index is 12.1. The van der Waals surface area contributed by atoms with Crippen molar-refractivity contribution >= 4 is 17.3 Å². The number of methoxy groups -OCH3 is 3. The Kier molecular flexibility index (Phi) is 5.68. The summed E-state index contributed by atoms with van der Waals surface area (Å²) in [5.74, 6) is 1.74. The summed E-state index contributed by atoms with van der Waals surface area (Å²) in [7, 11) is 4.71. The van der Waals surface area contributed by atoms with Crippen molar-refractivity contribution in [3.8, 4) is 17.2 Å². The number of benzene rings is 2. The Hall–Kier alpha value is -2.89. The fourth-order valence-corrected chi connectivity index (χ4v) is 2.02. The molecule has 2 aromatic rings. The molecule has 0 heterocycles. The van der Waals surface area contributed by atoms with Crippen LogP contribution in [0.1, 0.15) is 0 Å². The Morgan fingerprint density at radius 2 is 1.70 bits per heavy atom. The van der Waals surface area contributed by atoms with E-state index in [1.165, 1.54) is 0 Å². The summed E-state index contributed by atoms with van der Waals surface area (Å²) in [6.07, 6.45) is 0. The van der Waals surface area contributed by atoms with Gasteiger partial charge < -0.3 is 24.8 Å². The Balaban J connectivity index is 1.99. The first-order valence-corrected chi connectivity index (χ1v) is 7.06. The number of hydrogen-bond donors (Lipinski definition) is 2. The molecule has 0 bridgehead atoms. The van der Waals surface area contributed by atoms with Gasteiger partial charge in [0.2, 0.25) is 5.91 Å². The van der Waals surface area contributed by atoms with Gasteiger partial charge in [-0.25, -0.2) is 0 Å². The van der Waals surface area contributed by atoms with E-state index in [0.717, 1.165) is 11.4 Å². The first kappa shape index (κ1) is 16.5. The molecule has 0 aliphatic rings. The van der Waals surface area contributed by atoms with Crippen LogP contribution in [0.4, 0.5) is 11.4 Å². The second-order valence-electron chi connectivity index (χ2n) is 4.70. The van der Waals surface area contributed by atoms with Gasteiger partial charge in [-0.1, -0.05) is 6.07 Å². The van der Waals surface area contributed by atoms with E-state index in [1.807, 2.05) is 24.3 Å². The van der Waals surface area contributed by atoms with Crippen LogP contribution < -0.4 is 24.8 Å². The van der Waals surface area contributed by atoms with E-state index in [4.69, 9.17) is 14.2 Å². The molecule has 2 N–H and O–H groups in total. The molecule has 2 rings (SSSR count). The highest BCUT2D eigenvalue weighted by Crippen LogP contribution is 2.28. The van der Waals surface area contributed by atoms with E-state index in [1.54, 1.807) is 39.5 Å². The molecule has 0 unspecified atom stereocenters. The van der Waals surface area contributed by atoms with E-state index < -0.39 is 0 Å². The summed E-state index contributed by atoms with van der Waals surface area (Å²) in [5, 5.41) is 5.84. The second kappa shape index (κ2) is 7.93. The van der Waals surface area contributed by atoms with Gasteiger partial charge in [0.25, 0.3) is 0 Å². The van der Waals surface area contributed by atoms with Crippen molar-refractivity contribution in [2.45, 2.75) is 0 Å². The Morgan fingerprint density at radius 3 is 2.39 bits per heavy atom. The van der Waals surface area contributed by atoms with Crippen LogP contribution in [-0.4, -0.2) is 33.8 Å². The topological polar surface area (TPSA) is 68.8 Å². The third-order valence-corrected chi connectivity index (χ3v) is 3.20. The lowest BCUT2D eigenvalue weighted by atomic mass is 10.2. The third kappa shape index (κ3) is 4.54. The van der Waals surface area contributed by atoms with Gasteiger partial charge in [-0.15, -0.1) is 0 Å². The Labute approximate surface area is 135 Å². The molecule has 6 heteroatoms. The predicted molar refractivity (Wildman–Crippen MR) is 89.7 cm³/mol. The van der Waals surface area contributed by atoms with Crippen LogP contribution in [0.15, 0.2) is 42.5 Å². The van der Waals surface area contributed by atoms with Gasteiger partial charge in [0.15, 0.2) is 0 Å². The zero-order valence-corrected chi connectivity index (χ0v) is 13.4. The van der Waals surface area contributed by atoms with Crippen molar-refractivity contribution in [3.63, 3.8) is 0 Å². The molecule has 2 aromatic carbocycles. The Bertz CT molecular complexity index is 673. The standard InChI is InChI=1S/C17H20N2O4/c1-21-13-6-4-5-12(9-13)18-11-17(20)19-15-10-14(22-2)7-8-16(15)23-3/h4-10,18H,11H2,1-3H3,(H,19,20). The summed E-state index contributed by atoms with van der Waals surface area (Å²) >= 11 is 0. The number of amides is 1. The van der Waals surface area contributed by atoms with Crippen molar-refractivity contribution in [2.24, 2.45) is 0 Å². The number of nitrogens with one attached hydrogen (secondary N) is 2. The molecule has 0 spiro atoms. The summed E-state index contributed by atoms with van der Waals surface area (Å²) in [6, 6.07) is 12.6. The Morgan fingerprint density at radius 1 is 0.957 bits per heavy atom. The van der Waals surface area contributed by atoms with Crippen LogP contribution in [-0.2, 0) is 4.79 Å². The van der Waals surface area contributed by atoms with Gasteiger partial charge in [-0.3, -0.25) is 4.79 Å². The van der Waals surface area contributed by atoms with Crippen LogP contribution in [0.2, 0.25) is 0 Å². The smallest absolute Gasteiger partial charge is 0.243 e. The second-order valence-corrected chi connectivity index (χ2v) is 4.70. The van der Waals surface area contributed by atoms with Gasteiger partial charge in [0.05, 0.1) is 33.6 Å². The lowest BCUT2D eigenvalue weighted by Crippen LogP contribution is -2.22. The average molecular weight is 316 g/mol. The molecule has 6 nitrogen and oxygen atoms in total. The molecule has 0 radical (unpaired) electrons. The first-order chi connectivity index (χ1) is 11.2. The third-order valence-electron chi connectivity index (χ3n) is 3.20. The van der Waals surface area contributed by atoms with Crippen LogP contribution in [0, 0.1) is 0 Å². The maximum Gasteiger partial charge on any atom is 0.243 e. The molecular weight excluding hydrogens is 296 g/mol. The molecule has 0 aromatic heterocycles. The molecule has 0 saturated carbocycles. The SMILES string of the molecule is COc1cccc(NCC(=O)Nc2cc(OC)ccc2OC)c1. The number of rotatable bonds is 7. The largest absolute Gasteiger partial charge is 0.497 e. The predicted octanol–water partition coefficient (Wildman–Crippen LogP) is 2.76. The van der Waals surface area contributed by atoms with Crippen molar-refractivity contribution < 1.29 is 19.0 Å². The molecule has 0 aliphatic carbocycles. The summed E-state index contributed by atoms with van der Waals surface area (Å²) in [6.45, 7) is 0.119. The van der Waals surface area contributed by atoms with Crippen LogP contribution >= 0.6 is 0 Å². The summed E-state index contributed by atoms with van der Waals surface area (Å²) in [5.41, 5.74) is 1.36. The molecule has 0 saturated heterocycles. The molecular formula is C17H20N2O4. The first-order valence-electron chi connectivity index (χ1n) is 7.06. The van der Waals surface area contributed by atoms with E-state index in [-0.39, 0.29) is 12.5 Å². The van der Waals surface area contributed by atoms with Crippen molar-refractivity contribution in [1.29, 1.82) is 0 Å². The monoisotopic (exact) mass is 316 g/mol. The zero-order chi connectivity index (χ0) is 16.7. The van der Waals surface area contributed by atoms with Crippen LogP contribution in [0.25, 0.3) is 0 Å². The molecule has 0 atom stereocenters. The minimum atomic E-state index is -0.195. The normalized spacial score (nSPS) is 9.87. The highest BCUT2D eigenvalue weighted by Gasteiger charge is 2.09. The lowest BCUT2D eigenvalue weighted by molar-refractivity contribution is -0.114. The highest BCUT2D eigenvalue weighted by atomic mass is 16.5. The van der Waals surface area contributed by atoms with Crippen LogP contribution in [0.3, 0.4) is 0 Å². The van der Waals surface area contributed by atoms with Crippen molar-refractivity contribution in [2.75, 3.05) is 38.5 Å². The minimum absolute atomic E-state index is 0.119. The minimum Gasteiger partial charge on any atom is -0.497 e. The van der Waals surface area contributed by atoms with Crippen molar-refractivity contribution in [1.82, 2.24) is 0 Å². The summed E-state index contributed by atoms with van der Waals surface area (Å²) < 4.78 is 15.5. The van der Waals surface area contributed by atoms with E-state index >= 15 is 0 Å². The van der Waals surface area contributed by atoms with E-state index in [0.29, 0.717) is 17.2 Å². The average Bonchev–Trinajstić information content (AvgIpc) is 2.60. The van der Waals surface area contributed by atoms with E-state index in [2.05, 4.69) is 10.6 Å². The lowest BCUT2D eigenvalue weighted by Gasteiger charge is -2.12. The fraction of sp³-hybridized carbons (Fsp3) is 0.235. The number of carbonyl (C=O) groups is 1. The fourth-order valence-electron chi connectivity index (χ4n) is 2.02. The molecule has 0 aliphatic heterocycles. The maximum absolute atomic E-state index is 12.1. The molecule has 0 fully saturated rings. The van der Waals surface area contributed by atoms with Gasteiger partial charge >= 0.3 is 0 Å². The van der Waals surface area contributed by atoms with Gasteiger partial charge in [0, 0.05) is 17.8 Å². The number of hydrogen-bond acceptors (Lipinski definition) is 5. The van der Waals surface area contributed by atoms with Crippen LogP contribution in [0.5, 0.6) is 17.2 Å². The molecule has 1 amide bonds. The number of ether oxygens (including phenoxy) is 3. The quantitative estimate of drug-likeness (QED) is 0.822. The molecule has 122 valence electrons. The summed E-state index contributed by atoms with van der Waals surface area (Å²) in [4.78, 5) is 12.1. The van der Waals surface area contributed by atoms with Gasteiger partial charge in [0.1, 0.15) is 17.2 Å². The van der Waals surface area contributed by atoms with Gasteiger partial charge in [-0.2, -0.15) is 0 Å². The zero-order valence-electron chi connectivity index (χ0n) is 13.4. The molecule has 23 heavy (non-hydrogen) atoms. The number of anilines is 2. The highest BCUT2D eigenvalue weighted by molar-refractivity contribution is 5.95. The van der Waals surface area contributed by atoms with Crippen molar-refractivity contribution in [3.05, 3.63) is 42.5 Å². The number of carbonyl (C=O) groups excluding carboxylic acids is 1. The van der Waals surface area contributed by atoms with E-state index in [9.17, 15) is 4.79 Å². The van der Waals surface area contributed by atoms with Gasteiger partial charge in [-0.05, 0) is 24.3 Å².